The monoisotopic (exact) mass is 180 g/mol. The van der Waals surface area contributed by atoms with Gasteiger partial charge in [0.1, 0.15) is 12.4 Å². The zero-order chi connectivity index (χ0) is 9.68. The number of phenolic OH excluding ortho intramolecular Hbond substituents is 1. The van der Waals surface area contributed by atoms with Crippen LogP contribution < -0.4 is 5.73 Å². The van der Waals surface area contributed by atoms with E-state index in [4.69, 9.17) is 15.7 Å². The summed E-state index contributed by atoms with van der Waals surface area (Å²) >= 11 is 0. The highest BCUT2D eigenvalue weighted by Crippen LogP contribution is 2.10. The molecule has 0 amide bonds. The van der Waals surface area contributed by atoms with Crippen LogP contribution in [-0.2, 0) is 4.84 Å². The minimum absolute atomic E-state index is 0.159. The summed E-state index contributed by atoms with van der Waals surface area (Å²) in [5.74, 6) is 0.421. The van der Waals surface area contributed by atoms with Gasteiger partial charge in [0, 0.05) is 5.56 Å². The molecule has 0 atom stereocenters. The Kier molecular flexibility index (Phi) is 3.14. The number of aromatic hydroxyl groups is 1. The van der Waals surface area contributed by atoms with E-state index in [1.807, 2.05) is 6.92 Å². The number of phenols is 1. The van der Waals surface area contributed by atoms with Crippen molar-refractivity contribution in [1.82, 2.24) is 0 Å². The van der Waals surface area contributed by atoms with Gasteiger partial charge in [-0.2, -0.15) is 0 Å². The molecule has 0 aromatic heterocycles. The molecule has 0 saturated carbocycles. The van der Waals surface area contributed by atoms with Gasteiger partial charge in [0.2, 0.25) is 0 Å². The molecule has 4 nitrogen and oxygen atoms in total. The molecule has 70 valence electrons. The number of oxime groups is 1. The summed E-state index contributed by atoms with van der Waals surface area (Å²) in [5, 5.41) is 12.8. The van der Waals surface area contributed by atoms with E-state index in [9.17, 15) is 0 Å². The molecule has 0 aliphatic heterocycles. The second-order valence-electron chi connectivity index (χ2n) is 2.44. The molecule has 0 aliphatic carbocycles. The predicted molar refractivity (Wildman–Crippen MR) is 50.5 cm³/mol. The molecular weight excluding hydrogens is 168 g/mol. The third kappa shape index (κ3) is 2.66. The first kappa shape index (κ1) is 9.38. The van der Waals surface area contributed by atoms with Crippen molar-refractivity contribution in [2.75, 3.05) is 6.61 Å². The third-order valence-corrected chi connectivity index (χ3v) is 1.43. The summed E-state index contributed by atoms with van der Waals surface area (Å²) in [6.45, 7) is 2.29. The molecule has 13 heavy (non-hydrogen) atoms. The lowest BCUT2D eigenvalue weighted by Gasteiger charge is -2.00. The number of hydrogen-bond donors (Lipinski definition) is 2. The van der Waals surface area contributed by atoms with E-state index in [0.717, 1.165) is 0 Å². The first-order valence-corrected chi connectivity index (χ1v) is 3.99. The first-order chi connectivity index (χ1) is 6.24. The van der Waals surface area contributed by atoms with Gasteiger partial charge in [-0.3, -0.25) is 0 Å². The SMILES string of the molecule is CCO/N=C(\N)c1cccc(O)c1. The van der Waals surface area contributed by atoms with Crippen LogP contribution in [0, 0.1) is 0 Å². The lowest BCUT2D eigenvalue weighted by atomic mass is 10.2. The minimum Gasteiger partial charge on any atom is -0.508 e. The summed E-state index contributed by atoms with van der Waals surface area (Å²) in [5.41, 5.74) is 6.21. The van der Waals surface area contributed by atoms with E-state index in [0.29, 0.717) is 12.2 Å². The number of nitrogens with two attached hydrogens (primary N) is 1. The Morgan fingerprint density at radius 3 is 3.00 bits per heavy atom. The molecule has 1 aromatic carbocycles. The molecule has 0 unspecified atom stereocenters. The smallest absolute Gasteiger partial charge is 0.170 e. The summed E-state index contributed by atoms with van der Waals surface area (Å²) in [4.78, 5) is 4.77. The van der Waals surface area contributed by atoms with Gasteiger partial charge in [0.15, 0.2) is 5.84 Å². The highest BCUT2D eigenvalue weighted by molar-refractivity contribution is 5.97. The summed E-state index contributed by atoms with van der Waals surface area (Å²) < 4.78 is 0. The Morgan fingerprint density at radius 2 is 2.38 bits per heavy atom. The topological polar surface area (TPSA) is 67.8 Å². The zero-order valence-electron chi connectivity index (χ0n) is 7.40. The molecular formula is C9H12N2O2. The normalized spacial score (nSPS) is 11.3. The van der Waals surface area contributed by atoms with Crippen LogP contribution in [0.25, 0.3) is 0 Å². The van der Waals surface area contributed by atoms with Gasteiger partial charge in [0.05, 0.1) is 0 Å². The molecule has 0 spiro atoms. The average Bonchev–Trinajstić information content (AvgIpc) is 2.14. The fraction of sp³-hybridized carbons (Fsp3) is 0.222. The maximum atomic E-state index is 9.14. The fourth-order valence-corrected chi connectivity index (χ4v) is 0.852. The third-order valence-electron chi connectivity index (χ3n) is 1.43. The molecule has 0 saturated heterocycles. The van der Waals surface area contributed by atoms with Crippen LogP contribution in [0.4, 0.5) is 0 Å². The maximum Gasteiger partial charge on any atom is 0.170 e. The largest absolute Gasteiger partial charge is 0.508 e. The van der Waals surface area contributed by atoms with Crippen molar-refractivity contribution < 1.29 is 9.94 Å². The molecule has 1 aromatic rings. The van der Waals surface area contributed by atoms with E-state index in [-0.39, 0.29) is 11.6 Å². The van der Waals surface area contributed by atoms with Crippen molar-refractivity contribution in [3.05, 3.63) is 29.8 Å². The Labute approximate surface area is 76.6 Å². The highest BCUT2D eigenvalue weighted by Gasteiger charge is 1.98. The summed E-state index contributed by atoms with van der Waals surface area (Å²) in [7, 11) is 0. The minimum atomic E-state index is 0.159. The van der Waals surface area contributed by atoms with Crippen molar-refractivity contribution in [3.8, 4) is 5.75 Å². The van der Waals surface area contributed by atoms with Crippen molar-refractivity contribution in [2.24, 2.45) is 10.9 Å². The number of amidine groups is 1. The van der Waals surface area contributed by atoms with Gasteiger partial charge >= 0.3 is 0 Å². The molecule has 0 bridgehead atoms. The molecule has 3 N–H and O–H groups in total. The van der Waals surface area contributed by atoms with E-state index < -0.39 is 0 Å². The predicted octanol–water partition coefficient (Wildman–Crippen LogP) is 1.05. The van der Waals surface area contributed by atoms with E-state index in [2.05, 4.69) is 5.16 Å². The molecule has 4 heteroatoms. The van der Waals surface area contributed by atoms with Gasteiger partial charge in [0.25, 0.3) is 0 Å². The van der Waals surface area contributed by atoms with Crippen LogP contribution in [0.3, 0.4) is 0 Å². The number of hydrogen-bond acceptors (Lipinski definition) is 3. The Balaban J connectivity index is 2.82. The van der Waals surface area contributed by atoms with E-state index in [1.54, 1.807) is 18.2 Å². The molecule has 0 fully saturated rings. The average molecular weight is 180 g/mol. The van der Waals surface area contributed by atoms with Crippen LogP contribution >= 0.6 is 0 Å². The van der Waals surface area contributed by atoms with Crippen LogP contribution in [0.5, 0.6) is 5.75 Å². The lowest BCUT2D eigenvalue weighted by molar-refractivity contribution is 0.158. The van der Waals surface area contributed by atoms with Crippen molar-refractivity contribution in [2.45, 2.75) is 6.92 Å². The zero-order valence-corrected chi connectivity index (χ0v) is 7.40. The van der Waals surface area contributed by atoms with Crippen LogP contribution in [-0.4, -0.2) is 17.5 Å². The van der Waals surface area contributed by atoms with Gasteiger partial charge in [-0.15, -0.1) is 0 Å². The van der Waals surface area contributed by atoms with Crippen molar-refractivity contribution in [1.29, 1.82) is 0 Å². The summed E-state index contributed by atoms with van der Waals surface area (Å²) in [6, 6.07) is 6.53. The second-order valence-corrected chi connectivity index (χ2v) is 2.44. The van der Waals surface area contributed by atoms with Crippen LogP contribution in [0.15, 0.2) is 29.4 Å². The molecule has 0 radical (unpaired) electrons. The maximum absolute atomic E-state index is 9.14. The van der Waals surface area contributed by atoms with Crippen LogP contribution in [0.1, 0.15) is 12.5 Å². The van der Waals surface area contributed by atoms with Gasteiger partial charge < -0.3 is 15.7 Å². The number of nitrogens with zero attached hydrogens (tertiary/aromatic N) is 1. The number of rotatable bonds is 3. The summed E-state index contributed by atoms with van der Waals surface area (Å²) in [6.07, 6.45) is 0. The van der Waals surface area contributed by atoms with Crippen molar-refractivity contribution >= 4 is 5.84 Å². The van der Waals surface area contributed by atoms with E-state index >= 15 is 0 Å². The molecule has 0 heterocycles. The van der Waals surface area contributed by atoms with E-state index in [1.165, 1.54) is 6.07 Å². The molecule has 0 aliphatic rings. The highest BCUT2D eigenvalue weighted by atomic mass is 16.6. The second kappa shape index (κ2) is 4.35. The lowest BCUT2D eigenvalue weighted by Crippen LogP contribution is -2.13. The fourth-order valence-electron chi connectivity index (χ4n) is 0.852. The standard InChI is InChI=1S/C9H12N2O2/c1-2-13-11-9(10)7-4-3-5-8(12)6-7/h3-6,12H,2H2,1H3,(H2,10,11). The Bertz CT molecular complexity index is 310. The van der Waals surface area contributed by atoms with Crippen molar-refractivity contribution in [3.63, 3.8) is 0 Å². The van der Waals surface area contributed by atoms with Gasteiger partial charge in [-0.25, -0.2) is 0 Å². The Hall–Kier alpha value is -1.71. The first-order valence-electron chi connectivity index (χ1n) is 3.99. The quantitative estimate of drug-likeness (QED) is 0.415. The van der Waals surface area contributed by atoms with Crippen LogP contribution in [0.2, 0.25) is 0 Å². The van der Waals surface area contributed by atoms with Gasteiger partial charge in [-0.1, -0.05) is 17.3 Å². The Morgan fingerprint density at radius 1 is 1.62 bits per heavy atom. The number of benzene rings is 1. The molecule has 1 rings (SSSR count). The van der Waals surface area contributed by atoms with Gasteiger partial charge in [-0.05, 0) is 19.1 Å².